The molecule has 2 heterocycles. The van der Waals surface area contributed by atoms with Crippen LogP contribution in [0, 0.1) is 6.92 Å². The molecule has 3 rings (SSSR count). The number of aryl methyl sites for hydroxylation is 2. The number of benzene rings is 1. The maximum absolute atomic E-state index is 12.2. The second kappa shape index (κ2) is 6.08. The number of aromatic amines is 1. The Morgan fingerprint density at radius 1 is 1.22 bits per heavy atom. The Hall–Kier alpha value is -2.89. The normalized spacial score (nSPS) is 10.9. The molecule has 0 aliphatic rings. The second-order valence-corrected chi connectivity index (χ2v) is 5.27. The van der Waals surface area contributed by atoms with E-state index in [1.807, 2.05) is 38.1 Å². The summed E-state index contributed by atoms with van der Waals surface area (Å²) in [6.45, 7) is 4.11. The summed E-state index contributed by atoms with van der Waals surface area (Å²) in [5.41, 5.74) is 1.79. The highest BCUT2D eigenvalue weighted by molar-refractivity contribution is 5.75. The molecule has 6 nitrogen and oxygen atoms in total. The number of fused-ring (bicyclic) bond motifs is 1. The number of hydrogen-bond acceptors (Lipinski definition) is 5. The van der Waals surface area contributed by atoms with Gasteiger partial charge in [0, 0.05) is 6.07 Å². The zero-order chi connectivity index (χ0) is 16.4. The molecular weight excluding hydrogens is 296 g/mol. The SMILES string of the molecule is CCc1cc(=O)oc2nc(OCc3ccc(C)cc3)[nH]c(=O)c12. The quantitative estimate of drug-likeness (QED) is 0.799. The first-order valence-corrected chi connectivity index (χ1v) is 7.32. The van der Waals surface area contributed by atoms with Gasteiger partial charge in [-0.3, -0.25) is 9.78 Å². The van der Waals surface area contributed by atoms with Crippen LogP contribution < -0.4 is 15.9 Å². The monoisotopic (exact) mass is 312 g/mol. The first kappa shape index (κ1) is 15.0. The summed E-state index contributed by atoms with van der Waals surface area (Å²) in [6, 6.07) is 9.16. The van der Waals surface area contributed by atoms with Gasteiger partial charge in [0.1, 0.15) is 12.0 Å². The summed E-state index contributed by atoms with van der Waals surface area (Å²) < 4.78 is 10.5. The molecule has 6 heteroatoms. The molecule has 0 amide bonds. The van der Waals surface area contributed by atoms with Gasteiger partial charge in [-0.25, -0.2) is 4.79 Å². The van der Waals surface area contributed by atoms with Gasteiger partial charge in [0.15, 0.2) is 0 Å². The Bertz CT molecular complexity index is 955. The van der Waals surface area contributed by atoms with Gasteiger partial charge in [0.2, 0.25) is 5.71 Å². The lowest BCUT2D eigenvalue weighted by Gasteiger charge is -2.07. The molecular formula is C17H16N2O4. The minimum Gasteiger partial charge on any atom is -0.460 e. The average molecular weight is 312 g/mol. The minimum absolute atomic E-state index is 0.00277. The second-order valence-electron chi connectivity index (χ2n) is 5.27. The fraction of sp³-hybridized carbons (Fsp3) is 0.235. The van der Waals surface area contributed by atoms with Crippen LogP contribution in [0.1, 0.15) is 23.6 Å². The summed E-state index contributed by atoms with van der Waals surface area (Å²) in [7, 11) is 0. The van der Waals surface area contributed by atoms with Crippen molar-refractivity contribution >= 4 is 11.1 Å². The van der Waals surface area contributed by atoms with Crippen LogP contribution in [0.4, 0.5) is 0 Å². The summed E-state index contributed by atoms with van der Waals surface area (Å²) in [4.78, 5) is 30.4. The predicted molar refractivity (Wildman–Crippen MR) is 85.8 cm³/mol. The first-order chi connectivity index (χ1) is 11.1. The molecule has 0 atom stereocenters. The van der Waals surface area contributed by atoms with Crippen LogP contribution in [0.2, 0.25) is 0 Å². The van der Waals surface area contributed by atoms with Gasteiger partial charge in [0.25, 0.3) is 11.6 Å². The van der Waals surface area contributed by atoms with Crippen molar-refractivity contribution in [1.82, 2.24) is 9.97 Å². The van der Waals surface area contributed by atoms with Gasteiger partial charge in [-0.15, -0.1) is 0 Å². The van der Waals surface area contributed by atoms with Crippen molar-refractivity contribution in [3.8, 4) is 6.01 Å². The van der Waals surface area contributed by atoms with Gasteiger partial charge in [-0.2, -0.15) is 4.98 Å². The van der Waals surface area contributed by atoms with Crippen LogP contribution >= 0.6 is 0 Å². The van der Waals surface area contributed by atoms with Crippen molar-refractivity contribution in [3.05, 3.63) is 67.8 Å². The van der Waals surface area contributed by atoms with Crippen molar-refractivity contribution in [2.24, 2.45) is 0 Å². The van der Waals surface area contributed by atoms with Crippen LogP contribution in [0.5, 0.6) is 6.01 Å². The van der Waals surface area contributed by atoms with Crippen LogP contribution in [0.15, 0.2) is 44.3 Å². The summed E-state index contributed by atoms with van der Waals surface area (Å²) in [5.74, 6) is 0. The van der Waals surface area contributed by atoms with Gasteiger partial charge in [0.05, 0.1) is 0 Å². The van der Waals surface area contributed by atoms with Crippen molar-refractivity contribution in [1.29, 1.82) is 0 Å². The molecule has 0 fully saturated rings. The Labute approximate surface area is 131 Å². The third kappa shape index (κ3) is 3.15. The molecule has 0 saturated carbocycles. The van der Waals surface area contributed by atoms with E-state index in [1.165, 1.54) is 6.07 Å². The molecule has 0 unspecified atom stereocenters. The molecule has 0 radical (unpaired) electrons. The van der Waals surface area contributed by atoms with Gasteiger partial charge in [-0.1, -0.05) is 36.8 Å². The van der Waals surface area contributed by atoms with Crippen molar-refractivity contribution in [2.75, 3.05) is 0 Å². The van der Waals surface area contributed by atoms with Crippen LogP contribution in [-0.4, -0.2) is 9.97 Å². The lowest BCUT2D eigenvalue weighted by molar-refractivity contribution is 0.279. The molecule has 0 saturated heterocycles. The Kier molecular flexibility index (Phi) is 3.97. The molecule has 23 heavy (non-hydrogen) atoms. The van der Waals surface area contributed by atoms with E-state index in [1.54, 1.807) is 0 Å². The summed E-state index contributed by atoms with van der Waals surface area (Å²) >= 11 is 0. The van der Waals surface area contributed by atoms with Gasteiger partial charge < -0.3 is 9.15 Å². The topological polar surface area (TPSA) is 85.2 Å². The zero-order valence-corrected chi connectivity index (χ0v) is 12.9. The standard InChI is InChI=1S/C17H16N2O4/c1-3-12-8-13(20)23-16-14(12)15(21)18-17(19-16)22-9-11-6-4-10(2)5-7-11/h4-8H,3,9H2,1-2H3,(H,18,19,21). The molecule has 3 aromatic rings. The smallest absolute Gasteiger partial charge is 0.337 e. The van der Waals surface area contributed by atoms with Crippen LogP contribution in [-0.2, 0) is 13.0 Å². The Balaban J connectivity index is 1.95. The number of nitrogens with one attached hydrogen (secondary N) is 1. The minimum atomic E-state index is -0.531. The van der Waals surface area contributed by atoms with Crippen molar-refractivity contribution < 1.29 is 9.15 Å². The maximum Gasteiger partial charge on any atom is 0.337 e. The number of rotatable bonds is 4. The predicted octanol–water partition coefficient (Wildman–Crippen LogP) is 2.33. The van der Waals surface area contributed by atoms with E-state index >= 15 is 0 Å². The van der Waals surface area contributed by atoms with E-state index in [9.17, 15) is 9.59 Å². The van der Waals surface area contributed by atoms with E-state index in [0.29, 0.717) is 12.0 Å². The molecule has 0 bridgehead atoms. The fourth-order valence-electron chi connectivity index (χ4n) is 2.31. The van der Waals surface area contributed by atoms with E-state index in [-0.39, 0.29) is 29.3 Å². The van der Waals surface area contributed by atoms with E-state index in [4.69, 9.17) is 9.15 Å². The molecule has 0 aliphatic heterocycles. The van der Waals surface area contributed by atoms with Gasteiger partial charge in [-0.05, 0) is 24.5 Å². The third-order valence-electron chi connectivity index (χ3n) is 3.55. The zero-order valence-electron chi connectivity index (χ0n) is 12.9. The lowest BCUT2D eigenvalue weighted by Crippen LogP contribution is -2.15. The molecule has 1 N–H and O–H groups in total. The third-order valence-corrected chi connectivity index (χ3v) is 3.55. The van der Waals surface area contributed by atoms with E-state index < -0.39 is 5.63 Å². The highest BCUT2D eigenvalue weighted by Crippen LogP contribution is 2.14. The fourth-order valence-corrected chi connectivity index (χ4v) is 2.31. The molecule has 1 aromatic carbocycles. The molecule has 0 spiro atoms. The lowest BCUT2D eigenvalue weighted by atomic mass is 10.1. The van der Waals surface area contributed by atoms with Gasteiger partial charge >= 0.3 is 5.63 Å². The highest BCUT2D eigenvalue weighted by atomic mass is 16.5. The van der Waals surface area contributed by atoms with E-state index in [0.717, 1.165) is 11.1 Å². The molecule has 118 valence electrons. The number of hydrogen-bond donors (Lipinski definition) is 1. The summed E-state index contributed by atoms with van der Waals surface area (Å²) in [5, 5.41) is 0.287. The maximum atomic E-state index is 12.2. The Morgan fingerprint density at radius 2 is 1.96 bits per heavy atom. The number of H-pyrrole nitrogens is 1. The van der Waals surface area contributed by atoms with Crippen LogP contribution in [0.3, 0.4) is 0 Å². The Morgan fingerprint density at radius 3 is 2.65 bits per heavy atom. The van der Waals surface area contributed by atoms with Crippen LogP contribution in [0.25, 0.3) is 11.1 Å². The molecule has 2 aromatic heterocycles. The first-order valence-electron chi connectivity index (χ1n) is 7.32. The largest absolute Gasteiger partial charge is 0.460 e. The number of aromatic nitrogens is 2. The van der Waals surface area contributed by atoms with E-state index in [2.05, 4.69) is 9.97 Å². The molecule has 0 aliphatic carbocycles. The number of ether oxygens (including phenoxy) is 1. The summed E-state index contributed by atoms with van der Waals surface area (Å²) in [6.07, 6.45) is 0.538. The van der Waals surface area contributed by atoms with Crippen molar-refractivity contribution in [2.45, 2.75) is 26.9 Å². The highest BCUT2D eigenvalue weighted by Gasteiger charge is 2.12. The number of nitrogens with zero attached hydrogens (tertiary/aromatic N) is 1. The average Bonchev–Trinajstić information content (AvgIpc) is 2.53. The van der Waals surface area contributed by atoms with Crippen molar-refractivity contribution in [3.63, 3.8) is 0 Å².